The van der Waals surface area contributed by atoms with Crippen molar-refractivity contribution in [2.45, 2.75) is 39.7 Å². The number of aryl methyl sites for hydroxylation is 1. The zero-order valence-electron chi connectivity index (χ0n) is 17.6. The number of hydrogen-bond donors (Lipinski definition) is 2. The average molecular weight is 406 g/mol. The molecule has 0 aliphatic heterocycles. The predicted molar refractivity (Wildman–Crippen MR) is 114 cm³/mol. The van der Waals surface area contributed by atoms with Gasteiger partial charge in [-0.15, -0.1) is 10.2 Å². The highest BCUT2D eigenvalue weighted by Gasteiger charge is 2.33. The van der Waals surface area contributed by atoms with Gasteiger partial charge in [0.2, 0.25) is 17.7 Å². The Morgan fingerprint density at radius 3 is 1.97 bits per heavy atom. The van der Waals surface area contributed by atoms with Crippen LogP contribution in [0.25, 0.3) is 22.9 Å². The van der Waals surface area contributed by atoms with Gasteiger partial charge < -0.3 is 15.5 Å². The van der Waals surface area contributed by atoms with Crippen LogP contribution in [0.2, 0.25) is 0 Å². The van der Waals surface area contributed by atoms with E-state index in [2.05, 4.69) is 15.5 Å². The van der Waals surface area contributed by atoms with Gasteiger partial charge in [0.05, 0.1) is 0 Å². The van der Waals surface area contributed by atoms with Gasteiger partial charge in [-0.25, -0.2) is 0 Å². The van der Waals surface area contributed by atoms with Crippen molar-refractivity contribution >= 4 is 11.8 Å². The van der Waals surface area contributed by atoms with Crippen molar-refractivity contribution in [2.75, 3.05) is 0 Å². The van der Waals surface area contributed by atoms with E-state index < -0.39 is 11.4 Å². The molecule has 0 spiro atoms. The molecule has 7 nitrogen and oxygen atoms in total. The summed E-state index contributed by atoms with van der Waals surface area (Å²) in [6.07, 6.45) is 0.454. The number of benzene rings is 2. The number of nitrogens with two attached hydrogens (primary N) is 1. The van der Waals surface area contributed by atoms with Gasteiger partial charge in [0.15, 0.2) is 0 Å². The third kappa shape index (κ3) is 4.74. The summed E-state index contributed by atoms with van der Waals surface area (Å²) in [6, 6.07) is 14.6. The molecule has 156 valence electrons. The first-order valence-electron chi connectivity index (χ1n) is 9.81. The summed E-state index contributed by atoms with van der Waals surface area (Å²) in [5.41, 5.74) is 7.50. The fourth-order valence-electron chi connectivity index (χ4n) is 3.27. The molecule has 0 fully saturated rings. The Morgan fingerprint density at radius 2 is 1.50 bits per heavy atom. The SMILES string of the molecule is Cc1ccc(-c2nnc(-c3ccc(C(=O)NC(C)(CC(C)C)C(N)=O)cc3)o2)cc1. The number of primary amides is 1. The van der Waals surface area contributed by atoms with E-state index in [-0.39, 0.29) is 11.8 Å². The van der Waals surface area contributed by atoms with Crippen LogP contribution in [0.1, 0.15) is 43.1 Å². The van der Waals surface area contributed by atoms with E-state index in [9.17, 15) is 9.59 Å². The largest absolute Gasteiger partial charge is 0.416 e. The Balaban J connectivity index is 1.75. The van der Waals surface area contributed by atoms with E-state index in [1.54, 1.807) is 31.2 Å². The third-order valence-electron chi connectivity index (χ3n) is 4.87. The number of amides is 2. The van der Waals surface area contributed by atoms with Crippen molar-refractivity contribution in [2.24, 2.45) is 11.7 Å². The maximum atomic E-state index is 12.6. The number of aromatic nitrogens is 2. The van der Waals surface area contributed by atoms with Crippen LogP contribution < -0.4 is 11.1 Å². The third-order valence-corrected chi connectivity index (χ3v) is 4.87. The monoisotopic (exact) mass is 406 g/mol. The second-order valence-corrected chi connectivity index (χ2v) is 8.10. The molecule has 0 aliphatic rings. The molecule has 3 N–H and O–H groups in total. The molecule has 0 saturated heterocycles. The molecule has 30 heavy (non-hydrogen) atoms. The Bertz CT molecular complexity index is 1040. The number of hydrogen-bond acceptors (Lipinski definition) is 5. The summed E-state index contributed by atoms with van der Waals surface area (Å²) in [7, 11) is 0. The van der Waals surface area contributed by atoms with Crippen molar-refractivity contribution < 1.29 is 14.0 Å². The summed E-state index contributed by atoms with van der Waals surface area (Å²) >= 11 is 0. The second kappa shape index (κ2) is 8.49. The molecule has 2 aromatic carbocycles. The van der Waals surface area contributed by atoms with Crippen molar-refractivity contribution in [3.63, 3.8) is 0 Å². The molecule has 0 saturated carbocycles. The van der Waals surface area contributed by atoms with Crippen LogP contribution in [0, 0.1) is 12.8 Å². The lowest BCUT2D eigenvalue weighted by molar-refractivity contribution is -0.124. The molecule has 1 atom stereocenters. The smallest absolute Gasteiger partial charge is 0.252 e. The number of nitrogens with one attached hydrogen (secondary N) is 1. The number of carbonyl (C=O) groups excluding carboxylic acids is 2. The van der Waals surface area contributed by atoms with Gasteiger partial charge in [0.25, 0.3) is 5.91 Å². The van der Waals surface area contributed by atoms with Crippen LogP contribution in [0.15, 0.2) is 52.9 Å². The molecule has 1 aromatic heterocycles. The first kappa shape index (κ1) is 21.2. The van der Waals surface area contributed by atoms with Gasteiger partial charge in [-0.2, -0.15) is 0 Å². The molecule has 7 heteroatoms. The zero-order valence-corrected chi connectivity index (χ0v) is 17.6. The maximum absolute atomic E-state index is 12.6. The highest BCUT2D eigenvalue weighted by atomic mass is 16.4. The second-order valence-electron chi connectivity index (χ2n) is 8.10. The van der Waals surface area contributed by atoms with Crippen LogP contribution in [0.5, 0.6) is 0 Å². The Hall–Kier alpha value is -3.48. The predicted octanol–water partition coefficient (Wildman–Crippen LogP) is 3.73. The van der Waals surface area contributed by atoms with Gasteiger partial charge in [-0.3, -0.25) is 9.59 Å². The Morgan fingerprint density at radius 1 is 1.00 bits per heavy atom. The molecule has 3 rings (SSSR count). The minimum Gasteiger partial charge on any atom is -0.416 e. The minimum absolute atomic E-state index is 0.199. The molecule has 3 aromatic rings. The quantitative estimate of drug-likeness (QED) is 0.621. The summed E-state index contributed by atoms with van der Waals surface area (Å²) in [4.78, 5) is 24.5. The van der Waals surface area contributed by atoms with Crippen molar-refractivity contribution in [1.29, 1.82) is 0 Å². The lowest BCUT2D eigenvalue weighted by atomic mass is 9.89. The minimum atomic E-state index is -1.11. The maximum Gasteiger partial charge on any atom is 0.252 e. The van der Waals surface area contributed by atoms with E-state index >= 15 is 0 Å². The fourth-order valence-corrected chi connectivity index (χ4v) is 3.27. The highest BCUT2D eigenvalue weighted by molar-refractivity contribution is 5.99. The molecule has 2 amide bonds. The van der Waals surface area contributed by atoms with Crippen LogP contribution in [0.4, 0.5) is 0 Å². The van der Waals surface area contributed by atoms with Crippen molar-refractivity contribution in [3.05, 3.63) is 59.7 Å². The van der Waals surface area contributed by atoms with Gasteiger partial charge in [0.1, 0.15) is 5.54 Å². The van der Waals surface area contributed by atoms with E-state index in [0.717, 1.165) is 11.1 Å². The molecule has 0 radical (unpaired) electrons. The van der Waals surface area contributed by atoms with E-state index in [0.29, 0.717) is 29.3 Å². The van der Waals surface area contributed by atoms with Crippen LogP contribution in [-0.2, 0) is 4.79 Å². The molecular formula is C23H26N4O3. The number of nitrogens with zero attached hydrogens (tertiary/aromatic N) is 2. The first-order chi connectivity index (χ1) is 14.2. The van der Waals surface area contributed by atoms with Crippen molar-refractivity contribution in [1.82, 2.24) is 15.5 Å². The summed E-state index contributed by atoms with van der Waals surface area (Å²) in [6.45, 7) is 7.59. The Labute approximate surface area is 175 Å². The zero-order chi connectivity index (χ0) is 21.9. The van der Waals surface area contributed by atoms with Crippen LogP contribution in [-0.4, -0.2) is 27.6 Å². The van der Waals surface area contributed by atoms with E-state index in [1.807, 2.05) is 45.0 Å². The van der Waals surface area contributed by atoms with Gasteiger partial charge in [-0.1, -0.05) is 31.5 Å². The van der Waals surface area contributed by atoms with Gasteiger partial charge >= 0.3 is 0 Å². The van der Waals surface area contributed by atoms with Gasteiger partial charge in [0, 0.05) is 16.7 Å². The van der Waals surface area contributed by atoms with Gasteiger partial charge in [-0.05, 0) is 62.6 Å². The van der Waals surface area contributed by atoms with E-state index in [4.69, 9.17) is 10.2 Å². The highest BCUT2D eigenvalue weighted by Crippen LogP contribution is 2.25. The van der Waals surface area contributed by atoms with Crippen molar-refractivity contribution in [3.8, 4) is 22.9 Å². The fraction of sp³-hybridized carbons (Fsp3) is 0.304. The summed E-state index contributed by atoms with van der Waals surface area (Å²) in [5.74, 6) is 0.0625. The Kier molecular flexibility index (Phi) is 6.01. The lowest BCUT2D eigenvalue weighted by Crippen LogP contribution is -2.56. The number of carbonyl (C=O) groups is 2. The average Bonchev–Trinajstić information content (AvgIpc) is 3.18. The van der Waals surface area contributed by atoms with Crippen LogP contribution in [0.3, 0.4) is 0 Å². The first-order valence-corrected chi connectivity index (χ1v) is 9.81. The molecule has 0 aliphatic carbocycles. The normalized spacial score (nSPS) is 13.1. The standard InChI is InChI=1S/C23H26N4O3/c1-14(2)13-23(4,22(24)29)25-19(28)16-9-11-18(12-10-16)21-27-26-20(30-21)17-7-5-15(3)6-8-17/h5-12,14H,13H2,1-4H3,(H2,24,29)(H,25,28). The molecule has 1 heterocycles. The number of rotatable bonds is 7. The molecular weight excluding hydrogens is 380 g/mol. The topological polar surface area (TPSA) is 111 Å². The van der Waals surface area contributed by atoms with E-state index in [1.165, 1.54) is 0 Å². The summed E-state index contributed by atoms with van der Waals surface area (Å²) in [5, 5.41) is 11.0. The lowest BCUT2D eigenvalue weighted by Gasteiger charge is -2.29. The summed E-state index contributed by atoms with van der Waals surface area (Å²) < 4.78 is 5.77. The molecule has 1 unspecified atom stereocenters. The molecule has 0 bridgehead atoms. The van der Waals surface area contributed by atoms with Crippen LogP contribution >= 0.6 is 0 Å².